The summed E-state index contributed by atoms with van der Waals surface area (Å²) in [5.74, 6) is 6.99. The Morgan fingerprint density at radius 3 is 2.52 bits per heavy atom. The molecule has 0 radical (unpaired) electrons. The van der Waals surface area contributed by atoms with Crippen molar-refractivity contribution in [3.63, 3.8) is 0 Å². The highest BCUT2D eigenvalue weighted by molar-refractivity contribution is 5.75. The molecule has 0 saturated heterocycles. The van der Waals surface area contributed by atoms with Gasteiger partial charge in [0.1, 0.15) is 18.0 Å². The lowest BCUT2D eigenvalue weighted by Gasteiger charge is -2.19. The molecule has 1 aromatic carbocycles. The lowest BCUT2D eigenvalue weighted by atomic mass is 10.1. The smallest absolute Gasteiger partial charge is 0.148 e. The van der Waals surface area contributed by atoms with E-state index in [1.807, 2.05) is 32.3 Å². The minimum Gasteiger partial charge on any atom is -0.376 e. The summed E-state index contributed by atoms with van der Waals surface area (Å²) >= 11 is 0. The van der Waals surface area contributed by atoms with Crippen molar-refractivity contribution < 1.29 is 0 Å². The van der Waals surface area contributed by atoms with Gasteiger partial charge < -0.3 is 15.6 Å². The molecular weight excluding hydrogens is 264 g/mol. The SMILES string of the molecule is CCCc1c(NN)ncnc1Nc1ccccc1N(C)C. The summed E-state index contributed by atoms with van der Waals surface area (Å²) in [4.78, 5) is 10.6. The van der Waals surface area contributed by atoms with Gasteiger partial charge in [-0.3, -0.25) is 0 Å². The number of nitrogens with one attached hydrogen (secondary N) is 2. The Hall–Kier alpha value is -2.34. The van der Waals surface area contributed by atoms with E-state index < -0.39 is 0 Å². The minimum atomic E-state index is 0.664. The van der Waals surface area contributed by atoms with E-state index in [1.165, 1.54) is 6.33 Å². The Kier molecular flexibility index (Phi) is 4.94. The standard InChI is InChI=1S/C15H22N6/c1-4-7-11-14(17-10-18-15(11)20-16)19-12-8-5-6-9-13(12)21(2)3/h5-6,8-10H,4,7,16H2,1-3H3,(H2,17,18,19,20). The van der Waals surface area contributed by atoms with Crippen LogP contribution in [-0.4, -0.2) is 24.1 Å². The molecule has 0 spiro atoms. The van der Waals surface area contributed by atoms with Gasteiger partial charge in [0, 0.05) is 19.7 Å². The van der Waals surface area contributed by atoms with Crippen molar-refractivity contribution in [3.05, 3.63) is 36.2 Å². The Morgan fingerprint density at radius 1 is 1.14 bits per heavy atom. The predicted octanol–water partition coefficient (Wildman–Crippen LogP) is 2.52. The number of aromatic nitrogens is 2. The van der Waals surface area contributed by atoms with Crippen LogP contribution in [0.2, 0.25) is 0 Å². The number of rotatable bonds is 6. The molecule has 6 nitrogen and oxygen atoms in total. The first-order valence-electron chi connectivity index (χ1n) is 7.01. The van der Waals surface area contributed by atoms with Crippen molar-refractivity contribution >= 4 is 23.0 Å². The minimum absolute atomic E-state index is 0.664. The third-order valence-corrected chi connectivity index (χ3v) is 3.22. The molecule has 0 amide bonds. The molecule has 0 saturated carbocycles. The highest BCUT2D eigenvalue weighted by Gasteiger charge is 2.12. The molecule has 112 valence electrons. The van der Waals surface area contributed by atoms with E-state index in [4.69, 9.17) is 5.84 Å². The fourth-order valence-electron chi connectivity index (χ4n) is 2.23. The maximum atomic E-state index is 5.55. The van der Waals surface area contributed by atoms with Crippen molar-refractivity contribution in [1.82, 2.24) is 9.97 Å². The van der Waals surface area contributed by atoms with Crippen LogP contribution in [0.25, 0.3) is 0 Å². The van der Waals surface area contributed by atoms with Crippen LogP contribution in [0, 0.1) is 0 Å². The first kappa shape index (κ1) is 15.1. The van der Waals surface area contributed by atoms with Gasteiger partial charge in [0.05, 0.1) is 11.4 Å². The zero-order valence-corrected chi connectivity index (χ0v) is 12.7. The van der Waals surface area contributed by atoms with E-state index >= 15 is 0 Å². The molecule has 21 heavy (non-hydrogen) atoms. The Morgan fingerprint density at radius 2 is 1.86 bits per heavy atom. The van der Waals surface area contributed by atoms with E-state index in [9.17, 15) is 0 Å². The van der Waals surface area contributed by atoms with Crippen molar-refractivity contribution in [2.24, 2.45) is 5.84 Å². The lowest BCUT2D eigenvalue weighted by Crippen LogP contribution is -2.14. The molecule has 0 bridgehead atoms. The number of hydrazine groups is 1. The maximum absolute atomic E-state index is 5.55. The van der Waals surface area contributed by atoms with Crippen LogP contribution in [0.5, 0.6) is 0 Å². The molecule has 0 atom stereocenters. The number of nitrogen functional groups attached to an aromatic ring is 1. The highest BCUT2D eigenvalue weighted by Crippen LogP contribution is 2.29. The summed E-state index contributed by atoms with van der Waals surface area (Å²) in [6, 6.07) is 8.10. The largest absolute Gasteiger partial charge is 0.376 e. The van der Waals surface area contributed by atoms with E-state index in [0.29, 0.717) is 5.82 Å². The summed E-state index contributed by atoms with van der Waals surface area (Å²) < 4.78 is 0. The average Bonchev–Trinajstić information content (AvgIpc) is 2.49. The fraction of sp³-hybridized carbons (Fsp3) is 0.333. The monoisotopic (exact) mass is 286 g/mol. The first-order valence-corrected chi connectivity index (χ1v) is 7.01. The average molecular weight is 286 g/mol. The van der Waals surface area contributed by atoms with Gasteiger partial charge in [0.15, 0.2) is 0 Å². The summed E-state index contributed by atoms with van der Waals surface area (Å²) in [5.41, 5.74) is 5.74. The number of nitrogens with two attached hydrogens (primary N) is 1. The molecule has 1 heterocycles. The second-order valence-corrected chi connectivity index (χ2v) is 4.98. The van der Waals surface area contributed by atoms with Crippen molar-refractivity contribution in [2.45, 2.75) is 19.8 Å². The molecule has 2 rings (SSSR count). The van der Waals surface area contributed by atoms with Crippen LogP contribution in [0.1, 0.15) is 18.9 Å². The van der Waals surface area contributed by atoms with Gasteiger partial charge in [-0.05, 0) is 18.6 Å². The Bertz CT molecular complexity index is 596. The van der Waals surface area contributed by atoms with Gasteiger partial charge >= 0.3 is 0 Å². The lowest BCUT2D eigenvalue weighted by molar-refractivity contribution is 0.903. The number of nitrogens with zero attached hydrogens (tertiary/aromatic N) is 3. The second kappa shape index (κ2) is 6.90. The third kappa shape index (κ3) is 3.41. The van der Waals surface area contributed by atoms with E-state index in [2.05, 4.69) is 38.6 Å². The molecule has 0 fully saturated rings. The van der Waals surface area contributed by atoms with Crippen LogP contribution < -0.4 is 21.5 Å². The number of hydrogen-bond donors (Lipinski definition) is 3. The molecule has 1 aromatic heterocycles. The van der Waals surface area contributed by atoms with E-state index in [-0.39, 0.29) is 0 Å². The summed E-state index contributed by atoms with van der Waals surface area (Å²) in [6.45, 7) is 2.12. The Balaban J connectivity index is 2.40. The number of para-hydroxylation sites is 2. The molecule has 6 heteroatoms. The van der Waals surface area contributed by atoms with Crippen LogP contribution in [0.4, 0.5) is 23.0 Å². The molecule has 0 aliphatic heterocycles. The molecule has 0 aliphatic rings. The highest BCUT2D eigenvalue weighted by atomic mass is 15.3. The van der Waals surface area contributed by atoms with Crippen molar-refractivity contribution in [2.75, 3.05) is 29.7 Å². The molecule has 2 aromatic rings. The van der Waals surface area contributed by atoms with Gasteiger partial charge in [-0.2, -0.15) is 0 Å². The van der Waals surface area contributed by atoms with Gasteiger partial charge in [-0.25, -0.2) is 15.8 Å². The third-order valence-electron chi connectivity index (χ3n) is 3.22. The van der Waals surface area contributed by atoms with Crippen LogP contribution in [0.3, 0.4) is 0 Å². The Labute approximate surface area is 125 Å². The molecule has 4 N–H and O–H groups in total. The van der Waals surface area contributed by atoms with Gasteiger partial charge in [0.2, 0.25) is 0 Å². The fourth-order valence-corrected chi connectivity index (χ4v) is 2.23. The quantitative estimate of drug-likeness (QED) is 0.559. The molecule has 0 aliphatic carbocycles. The summed E-state index contributed by atoms with van der Waals surface area (Å²) in [6.07, 6.45) is 3.36. The van der Waals surface area contributed by atoms with Gasteiger partial charge in [-0.1, -0.05) is 25.5 Å². The predicted molar refractivity (Wildman–Crippen MR) is 87.9 cm³/mol. The summed E-state index contributed by atoms with van der Waals surface area (Å²) in [7, 11) is 4.03. The number of hydrogen-bond acceptors (Lipinski definition) is 6. The molecular formula is C15H22N6. The van der Waals surface area contributed by atoms with Gasteiger partial charge in [-0.15, -0.1) is 0 Å². The zero-order chi connectivity index (χ0) is 15.2. The van der Waals surface area contributed by atoms with Crippen molar-refractivity contribution in [3.8, 4) is 0 Å². The zero-order valence-electron chi connectivity index (χ0n) is 12.7. The van der Waals surface area contributed by atoms with Crippen molar-refractivity contribution in [1.29, 1.82) is 0 Å². The number of benzene rings is 1. The second-order valence-electron chi connectivity index (χ2n) is 4.98. The van der Waals surface area contributed by atoms with Crippen LogP contribution in [0.15, 0.2) is 30.6 Å². The van der Waals surface area contributed by atoms with E-state index in [1.54, 1.807) is 0 Å². The van der Waals surface area contributed by atoms with Crippen LogP contribution in [-0.2, 0) is 6.42 Å². The summed E-state index contributed by atoms with van der Waals surface area (Å²) in [5, 5.41) is 3.39. The molecule has 0 unspecified atom stereocenters. The normalized spacial score (nSPS) is 10.3. The topological polar surface area (TPSA) is 79.1 Å². The van der Waals surface area contributed by atoms with Crippen LogP contribution >= 0.6 is 0 Å². The van der Waals surface area contributed by atoms with E-state index in [0.717, 1.165) is 35.6 Å². The van der Waals surface area contributed by atoms with Gasteiger partial charge in [0.25, 0.3) is 0 Å². The maximum Gasteiger partial charge on any atom is 0.148 e. The first-order chi connectivity index (χ1) is 10.2. The number of anilines is 4.